The highest BCUT2D eigenvalue weighted by atomic mass is 16.7. The molecule has 0 bridgehead atoms. The van der Waals surface area contributed by atoms with Crippen LogP contribution in [0.4, 0.5) is 0 Å². The summed E-state index contributed by atoms with van der Waals surface area (Å²) >= 11 is 0. The molecule has 1 unspecified atom stereocenters. The molecule has 4 nitrogen and oxygen atoms in total. The van der Waals surface area contributed by atoms with E-state index in [1.807, 2.05) is 0 Å². The number of hydrogen-bond donors (Lipinski definition) is 0. The van der Waals surface area contributed by atoms with Crippen molar-refractivity contribution in [2.75, 3.05) is 27.8 Å². The van der Waals surface area contributed by atoms with Gasteiger partial charge in [0.25, 0.3) is 0 Å². The first-order chi connectivity index (χ1) is 13.9. The maximum atomic E-state index is 5.59. The molecule has 0 aromatic heterocycles. The summed E-state index contributed by atoms with van der Waals surface area (Å²) in [6.45, 7) is 7.70. The fraction of sp³-hybridized carbons (Fsp3) is 0.520. The van der Waals surface area contributed by atoms with Gasteiger partial charge in [-0.2, -0.15) is 0 Å². The summed E-state index contributed by atoms with van der Waals surface area (Å²) in [7, 11) is 3.27. The van der Waals surface area contributed by atoms with E-state index in [1.165, 1.54) is 17.5 Å². The molecule has 0 heterocycles. The molecule has 2 aromatic rings. The summed E-state index contributed by atoms with van der Waals surface area (Å²) in [5.74, 6) is 2.28. The van der Waals surface area contributed by atoms with Crippen LogP contribution in [0.2, 0.25) is 0 Å². The topological polar surface area (TPSA) is 36.9 Å². The van der Waals surface area contributed by atoms with E-state index >= 15 is 0 Å². The molecule has 158 valence electrons. The average Bonchev–Trinajstić information content (AvgIpc) is 2.74. The van der Waals surface area contributed by atoms with Crippen molar-refractivity contribution < 1.29 is 18.9 Å². The Bertz CT molecular complexity index is 713. The van der Waals surface area contributed by atoms with E-state index in [0.29, 0.717) is 11.3 Å². The van der Waals surface area contributed by atoms with Crippen LogP contribution in [0.15, 0.2) is 48.5 Å². The number of hydrogen-bond acceptors (Lipinski definition) is 4. The van der Waals surface area contributed by atoms with Crippen molar-refractivity contribution in [1.29, 1.82) is 0 Å². The van der Waals surface area contributed by atoms with Crippen molar-refractivity contribution in [3.8, 4) is 11.5 Å². The predicted molar refractivity (Wildman–Crippen MR) is 115 cm³/mol. The van der Waals surface area contributed by atoms with Gasteiger partial charge in [-0.15, -0.1) is 0 Å². The van der Waals surface area contributed by atoms with Crippen molar-refractivity contribution in [3.05, 3.63) is 59.7 Å². The first kappa shape index (κ1) is 21.7. The molecule has 4 heteroatoms. The Hall–Kier alpha value is -2.04. The molecule has 0 amide bonds. The van der Waals surface area contributed by atoms with Gasteiger partial charge in [0.05, 0.1) is 0 Å². The van der Waals surface area contributed by atoms with Gasteiger partial charge in [0.15, 0.2) is 13.6 Å². The minimum Gasteiger partial charge on any atom is -0.468 e. The fourth-order valence-corrected chi connectivity index (χ4v) is 4.37. The predicted octanol–water partition coefficient (Wildman–Crippen LogP) is 5.78. The zero-order valence-electron chi connectivity index (χ0n) is 18.4. The monoisotopic (exact) mass is 398 g/mol. The molecule has 0 N–H and O–H groups in total. The van der Waals surface area contributed by atoms with E-state index in [0.717, 1.165) is 24.3 Å². The molecule has 1 aliphatic carbocycles. The lowest BCUT2D eigenvalue weighted by molar-refractivity contribution is 0.0509. The zero-order valence-corrected chi connectivity index (χ0v) is 18.4. The van der Waals surface area contributed by atoms with Crippen LogP contribution in [-0.4, -0.2) is 27.8 Å². The maximum absolute atomic E-state index is 5.59. The molecule has 29 heavy (non-hydrogen) atoms. The van der Waals surface area contributed by atoms with Gasteiger partial charge in [-0.25, -0.2) is 0 Å². The Morgan fingerprint density at radius 3 is 1.59 bits per heavy atom. The summed E-state index contributed by atoms with van der Waals surface area (Å²) < 4.78 is 21.2. The summed E-state index contributed by atoms with van der Waals surface area (Å²) in [5.41, 5.74) is 3.03. The third-order valence-electron chi connectivity index (χ3n) is 6.69. The Labute approximate surface area is 175 Å². The van der Waals surface area contributed by atoms with E-state index in [1.54, 1.807) is 14.2 Å². The van der Waals surface area contributed by atoms with Crippen molar-refractivity contribution in [2.45, 2.75) is 45.4 Å². The van der Waals surface area contributed by atoms with Gasteiger partial charge in [-0.1, -0.05) is 45.0 Å². The molecule has 3 rings (SSSR count). The van der Waals surface area contributed by atoms with Gasteiger partial charge in [-0.3, -0.25) is 0 Å². The smallest absolute Gasteiger partial charge is 0.188 e. The lowest BCUT2D eigenvalue weighted by Gasteiger charge is -2.48. The Morgan fingerprint density at radius 1 is 0.759 bits per heavy atom. The summed E-state index contributed by atoms with van der Waals surface area (Å²) in [5, 5.41) is 0. The molecular weight excluding hydrogens is 364 g/mol. The molecule has 1 fully saturated rings. The van der Waals surface area contributed by atoms with E-state index in [4.69, 9.17) is 18.9 Å². The van der Waals surface area contributed by atoms with Crippen LogP contribution in [0.5, 0.6) is 11.5 Å². The van der Waals surface area contributed by atoms with Gasteiger partial charge >= 0.3 is 0 Å². The van der Waals surface area contributed by atoms with Gasteiger partial charge in [-0.05, 0) is 66.0 Å². The van der Waals surface area contributed by atoms with Gasteiger partial charge in [0.2, 0.25) is 0 Å². The van der Waals surface area contributed by atoms with Crippen molar-refractivity contribution >= 4 is 0 Å². The van der Waals surface area contributed by atoms with Crippen LogP contribution in [0.1, 0.15) is 51.2 Å². The summed E-state index contributed by atoms with van der Waals surface area (Å²) in [6, 6.07) is 17.1. The first-order valence-corrected chi connectivity index (χ1v) is 10.4. The second-order valence-corrected chi connectivity index (χ2v) is 8.83. The minimum absolute atomic E-state index is 0.00545. The van der Waals surface area contributed by atoms with Crippen LogP contribution in [0.25, 0.3) is 0 Å². The Balaban J connectivity index is 1.94. The summed E-state index contributed by atoms with van der Waals surface area (Å²) in [6.07, 6.45) is 3.44. The van der Waals surface area contributed by atoms with E-state index in [9.17, 15) is 0 Å². The van der Waals surface area contributed by atoms with Crippen molar-refractivity contribution in [1.82, 2.24) is 0 Å². The third kappa shape index (κ3) is 4.76. The second-order valence-electron chi connectivity index (χ2n) is 8.83. The van der Waals surface area contributed by atoms with Gasteiger partial charge < -0.3 is 18.9 Å². The molecule has 0 saturated heterocycles. The number of benzene rings is 2. The average molecular weight is 399 g/mol. The first-order valence-electron chi connectivity index (χ1n) is 10.4. The lowest BCUT2D eigenvalue weighted by atomic mass is 9.56. The molecule has 0 spiro atoms. The minimum atomic E-state index is -0.00545. The number of ether oxygens (including phenoxy) is 4. The van der Waals surface area contributed by atoms with Crippen LogP contribution in [0, 0.1) is 11.3 Å². The standard InChI is InChI=1S/C25H34O4/c1-19-16-25(15-14-24(19,2)3,20-6-10-22(11-7-20)28-17-26-4)21-8-12-23(13-9-21)29-18-27-5/h6-13,19H,14-18H2,1-5H3. The third-order valence-corrected chi connectivity index (χ3v) is 6.69. The van der Waals surface area contributed by atoms with E-state index < -0.39 is 0 Å². The Kier molecular flexibility index (Phi) is 6.86. The van der Waals surface area contributed by atoms with Crippen LogP contribution in [0.3, 0.4) is 0 Å². The quantitative estimate of drug-likeness (QED) is 0.528. The summed E-state index contributed by atoms with van der Waals surface area (Å²) in [4.78, 5) is 0. The van der Waals surface area contributed by atoms with Crippen molar-refractivity contribution in [3.63, 3.8) is 0 Å². The highest BCUT2D eigenvalue weighted by Gasteiger charge is 2.44. The maximum Gasteiger partial charge on any atom is 0.188 e. The molecule has 1 saturated carbocycles. The lowest BCUT2D eigenvalue weighted by Crippen LogP contribution is -2.40. The molecule has 0 aliphatic heterocycles. The van der Waals surface area contributed by atoms with Gasteiger partial charge in [0, 0.05) is 19.6 Å². The molecule has 2 aromatic carbocycles. The molecular formula is C25H34O4. The molecule has 1 atom stereocenters. The van der Waals surface area contributed by atoms with Crippen LogP contribution in [-0.2, 0) is 14.9 Å². The fourth-order valence-electron chi connectivity index (χ4n) is 4.37. The molecule has 0 radical (unpaired) electrons. The molecule has 1 aliphatic rings. The Morgan fingerprint density at radius 2 is 1.21 bits per heavy atom. The van der Waals surface area contributed by atoms with E-state index in [2.05, 4.69) is 69.3 Å². The zero-order chi connectivity index (χ0) is 20.9. The highest BCUT2D eigenvalue weighted by Crippen LogP contribution is 2.53. The normalized spacial score (nSPS) is 20.2. The van der Waals surface area contributed by atoms with Crippen molar-refractivity contribution in [2.24, 2.45) is 11.3 Å². The second kappa shape index (κ2) is 9.19. The number of rotatable bonds is 8. The number of methoxy groups -OCH3 is 2. The highest BCUT2D eigenvalue weighted by molar-refractivity contribution is 5.44. The SMILES string of the molecule is COCOc1ccc(C2(c3ccc(OCOC)cc3)CCC(C)(C)C(C)C2)cc1. The van der Waals surface area contributed by atoms with Crippen LogP contribution < -0.4 is 9.47 Å². The van der Waals surface area contributed by atoms with Gasteiger partial charge in [0.1, 0.15) is 11.5 Å². The van der Waals surface area contributed by atoms with Crippen LogP contribution >= 0.6 is 0 Å². The van der Waals surface area contributed by atoms with E-state index in [-0.39, 0.29) is 19.0 Å². The largest absolute Gasteiger partial charge is 0.468 e.